The van der Waals surface area contributed by atoms with Crippen molar-refractivity contribution in [2.24, 2.45) is 5.92 Å². The SMILES string of the molecule is CCOc1ccccc1CNC(=O)C1CCN(Cc2ccccc2C)CC1. The Morgan fingerprint density at radius 2 is 1.74 bits per heavy atom. The first-order chi connectivity index (χ1) is 13.2. The van der Waals surface area contributed by atoms with E-state index in [1.807, 2.05) is 31.2 Å². The number of benzene rings is 2. The number of para-hydroxylation sites is 1. The molecular weight excluding hydrogens is 336 g/mol. The molecule has 4 nitrogen and oxygen atoms in total. The number of hydrogen-bond donors (Lipinski definition) is 1. The minimum Gasteiger partial charge on any atom is -0.494 e. The summed E-state index contributed by atoms with van der Waals surface area (Å²) >= 11 is 0. The molecule has 0 bridgehead atoms. The Morgan fingerprint density at radius 1 is 1.07 bits per heavy atom. The first-order valence-electron chi connectivity index (χ1n) is 9.92. The molecule has 1 amide bonds. The van der Waals surface area contributed by atoms with Gasteiger partial charge in [-0.05, 0) is 57.0 Å². The van der Waals surface area contributed by atoms with Crippen molar-refractivity contribution in [3.05, 3.63) is 65.2 Å². The van der Waals surface area contributed by atoms with Crippen LogP contribution in [0.4, 0.5) is 0 Å². The van der Waals surface area contributed by atoms with Crippen LogP contribution >= 0.6 is 0 Å². The third-order valence-corrected chi connectivity index (χ3v) is 5.34. The maximum atomic E-state index is 12.6. The Labute approximate surface area is 162 Å². The number of aryl methyl sites for hydroxylation is 1. The van der Waals surface area contributed by atoms with Crippen LogP contribution in [0.1, 0.15) is 36.5 Å². The lowest BCUT2D eigenvalue weighted by Crippen LogP contribution is -2.40. The fourth-order valence-electron chi connectivity index (χ4n) is 3.65. The van der Waals surface area contributed by atoms with Crippen molar-refractivity contribution in [3.63, 3.8) is 0 Å². The molecule has 1 aliphatic heterocycles. The molecule has 0 atom stereocenters. The lowest BCUT2D eigenvalue weighted by atomic mass is 9.95. The Morgan fingerprint density at radius 3 is 2.44 bits per heavy atom. The van der Waals surface area contributed by atoms with Crippen molar-refractivity contribution in [2.75, 3.05) is 19.7 Å². The van der Waals surface area contributed by atoms with E-state index < -0.39 is 0 Å². The van der Waals surface area contributed by atoms with Gasteiger partial charge in [0, 0.05) is 24.6 Å². The predicted molar refractivity (Wildman–Crippen MR) is 109 cm³/mol. The van der Waals surface area contributed by atoms with Crippen molar-refractivity contribution in [3.8, 4) is 5.75 Å². The summed E-state index contributed by atoms with van der Waals surface area (Å²) in [7, 11) is 0. The van der Waals surface area contributed by atoms with Gasteiger partial charge in [-0.1, -0.05) is 42.5 Å². The van der Waals surface area contributed by atoms with E-state index in [0.717, 1.165) is 43.8 Å². The second-order valence-electron chi connectivity index (χ2n) is 7.24. The molecule has 144 valence electrons. The highest BCUT2D eigenvalue weighted by Crippen LogP contribution is 2.21. The number of carbonyl (C=O) groups excluding carboxylic acids is 1. The van der Waals surface area contributed by atoms with Gasteiger partial charge in [-0.2, -0.15) is 0 Å². The van der Waals surface area contributed by atoms with Gasteiger partial charge in [0.1, 0.15) is 5.75 Å². The summed E-state index contributed by atoms with van der Waals surface area (Å²) in [6, 6.07) is 16.4. The molecule has 1 N–H and O–H groups in total. The number of amides is 1. The Hall–Kier alpha value is -2.33. The molecule has 2 aromatic carbocycles. The largest absolute Gasteiger partial charge is 0.494 e. The summed E-state index contributed by atoms with van der Waals surface area (Å²) in [4.78, 5) is 15.0. The zero-order valence-corrected chi connectivity index (χ0v) is 16.4. The molecule has 3 rings (SSSR count). The maximum absolute atomic E-state index is 12.6. The van der Waals surface area contributed by atoms with E-state index in [2.05, 4.69) is 41.4 Å². The Kier molecular flexibility index (Phi) is 6.88. The molecule has 4 heteroatoms. The third-order valence-electron chi connectivity index (χ3n) is 5.34. The van der Waals surface area contributed by atoms with Gasteiger partial charge < -0.3 is 10.1 Å². The molecule has 1 fully saturated rings. The van der Waals surface area contributed by atoms with Crippen molar-refractivity contribution in [1.82, 2.24) is 10.2 Å². The lowest BCUT2D eigenvalue weighted by Gasteiger charge is -2.31. The number of hydrogen-bond acceptors (Lipinski definition) is 3. The highest BCUT2D eigenvalue weighted by Gasteiger charge is 2.25. The van der Waals surface area contributed by atoms with Crippen molar-refractivity contribution in [1.29, 1.82) is 0 Å². The van der Waals surface area contributed by atoms with Gasteiger partial charge >= 0.3 is 0 Å². The van der Waals surface area contributed by atoms with E-state index in [4.69, 9.17) is 4.74 Å². The number of piperidine rings is 1. The molecule has 0 spiro atoms. The highest BCUT2D eigenvalue weighted by molar-refractivity contribution is 5.78. The number of nitrogens with one attached hydrogen (secondary N) is 1. The number of carbonyl (C=O) groups is 1. The zero-order valence-electron chi connectivity index (χ0n) is 16.4. The minimum absolute atomic E-state index is 0.109. The molecule has 2 aromatic rings. The Balaban J connectivity index is 1.47. The third kappa shape index (κ3) is 5.33. The molecule has 27 heavy (non-hydrogen) atoms. The van der Waals surface area contributed by atoms with Crippen LogP contribution in [-0.4, -0.2) is 30.5 Å². The van der Waals surface area contributed by atoms with Crippen molar-refractivity contribution < 1.29 is 9.53 Å². The van der Waals surface area contributed by atoms with Crippen LogP contribution in [0.3, 0.4) is 0 Å². The second-order valence-corrected chi connectivity index (χ2v) is 7.24. The Bertz CT molecular complexity index is 752. The van der Waals surface area contributed by atoms with E-state index >= 15 is 0 Å². The van der Waals surface area contributed by atoms with E-state index in [1.165, 1.54) is 11.1 Å². The van der Waals surface area contributed by atoms with Crippen LogP contribution in [-0.2, 0) is 17.9 Å². The van der Waals surface area contributed by atoms with Gasteiger partial charge in [0.15, 0.2) is 0 Å². The van der Waals surface area contributed by atoms with E-state index in [-0.39, 0.29) is 11.8 Å². The molecule has 0 unspecified atom stereocenters. The standard InChI is InChI=1S/C23H30N2O2/c1-3-27-22-11-7-6-9-20(22)16-24-23(26)19-12-14-25(15-13-19)17-21-10-5-4-8-18(21)2/h4-11,19H,3,12-17H2,1-2H3,(H,24,26). The molecule has 0 saturated carbocycles. The van der Waals surface area contributed by atoms with E-state index in [1.54, 1.807) is 0 Å². The quantitative estimate of drug-likeness (QED) is 0.807. The fourth-order valence-corrected chi connectivity index (χ4v) is 3.65. The van der Waals surface area contributed by atoms with Crippen LogP contribution in [0, 0.1) is 12.8 Å². The number of likely N-dealkylation sites (tertiary alicyclic amines) is 1. The van der Waals surface area contributed by atoms with Gasteiger partial charge in [0.2, 0.25) is 5.91 Å². The van der Waals surface area contributed by atoms with Crippen molar-refractivity contribution >= 4 is 5.91 Å². The molecule has 1 aliphatic rings. The van der Waals surface area contributed by atoms with Crippen LogP contribution in [0.5, 0.6) is 5.75 Å². The van der Waals surface area contributed by atoms with Gasteiger partial charge in [0.05, 0.1) is 6.61 Å². The first kappa shape index (κ1) is 19.4. The predicted octanol–water partition coefficient (Wildman–Crippen LogP) is 3.92. The smallest absolute Gasteiger partial charge is 0.223 e. The fraction of sp³-hybridized carbons (Fsp3) is 0.435. The maximum Gasteiger partial charge on any atom is 0.223 e. The lowest BCUT2D eigenvalue weighted by molar-refractivity contribution is -0.126. The minimum atomic E-state index is 0.109. The summed E-state index contributed by atoms with van der Waals surface area (Å²) in [6.07, 6.45) is 1.84. The normalized spacial score (nSPS) is 15.5. The van der Waals surface area contributed by atoms with Gasteiger partial charge in [-0.25, -0.2) is 0 Å². The molecule has 0 aliphatic carbocycles. The number of ether oxygens (including phenoxy) is 1. The van der Waals surface area contributed by atoms with Crippen LogP contribution < -0.4 is 10.1 Å². The number of nitrogens with zero attached hydrogens (tertiary/aromatic N) is 1. The molecule has 1 saturated heterocycles. The highest BCUT2D eigenvalue weighted by atomic mass is 16.5. The first-order valence-corrected chi connectivity index (χ1v) is 9.92. The topological polar surface area (TPSA) is 41.6 Å². The molecule has 0 aromatic heterocycles. The van der Waals surface area contributed by atoms with Gasteiger partial charge in [-0.15, -0.1) is 0 Å². The second kappa shape index (κ2) is 9.56. The van der Waals surface area contributed by atoms with Crippen LogP contribution in [0.25, 0.3) is 0 Å². The summed E-state index contributed by atoms with van der Waals surface area (Å²) in [5, 5.41) is 3.10. The average molecular weight is 367 g/mol. The molecular formula is C23H30N2O2. The summed E-state index contributed by atoms with van der Waals surface area (Å²) in [6.45, 7) is 8.21. The van der Waals surface area contributed by atoms with Crippen molar-refractivity contribution in [2.45, 2.75) is 39.8 Å². The monoisotopic (exact) mass is 366 g/mol. The summed E-state index contributed by atoms with van der Waals surface area (Å²) < 4.78 is 5.64. The van der Waals surface area contributed by atoms with Crippen LogP contribution in [0.2, 0.25) is 0 Å². The van der Waals surface area contributed by atoms with E-state index in [9.17, 15) is 4.79 Å². The number of rotatable bonds is 7. The molecule has 0 radical (unpaired) electrons. The molecule has 1 heterocycles. The average Bonchev–Trinajstić information content (AvgIpc) is 2.70. The van der Waals surface area contributed by atoms with Gasteiger partial charge in [0.25, 0.3) is 0 Å². The zero-order chi connectivity index (χ0) is 19.1. The van der Waals surface area contributed by atoms with Gasteiger partial charge in [-0.3, -0.25) is 9.69 Å². The van der Waals surface area contributed by atoms with Crippen LogP contribution in [0.15, 0.2) is 48.5 Å². The summed E-state index contributed by atoms with van der Waals surface area (Å²) in [5.41, 5.74) is 3.75. The summed E-state index contributed by atoms with van der Waals surface area (Å²) in [5.74, 6) is 1.13. The van der Waals surface area contributed by atoms with E-state index in [0.29, 0.717) is 13.2 Å².